The van der Waals surface area contributed by atoms with Gasteiger partial charge in [0.25, 0.3) is 0 Å². The van der Waals surface area contributed by atoms with Crippen molar-refractivity contribution >= 4 is 17.5 Å². The molecular formula is C19H18O6. The van der Waals surface area contributed by atoms with Crippen molar-refractivity contribution in [2.24, 2.45) is 5.92 Å². The smallest absolute Gasteiger partial charge is 0.338 e. The molecule has 0 saturated carbocycles. The van der Waals surface area contributed by atoms with E-state index in [9.17, 15) is 24.6 Å². The Bertz CT molecular complexity index is 830. The number of rotatable bonds is 3. The Balaban J connectivity index is 2.08. The number of aliphatic hydroxyl groups excluding tert-OH is 1. The summed E-state index contributed by atoms with van der Waals surface area (Å²) >= 11 is 0. The normalized spacial score (nSPS) is 20.2. The van der Waals surface area contributed by atoms with Gasteiger partial charge in [-0.25, -0.2) is 4.79 Å². The van der Waals surface area contributed by atoms with Crippen LogP contribution in [0, 0.1) is 5.92 Å². The van der Waals surface area contributed by atoms with Crippen LogP contribution in [-0.2, 0) is 9.53 Å². The number of aromatic hydroxyl groups is 1. The molecule has 1 aromatic carbocycles. The maximum absolute atomic E-state index is 12.9. The van der Waals surface area contributed by atoms with Gasteiger partial charge in [0.15, 0.2) is 11.6 Å². The molecule has 2 aliphatic rings. The van der Waals surface area contributed by atoms with Crippen molar-refractivity contribution in [1.82, 2.24) is 0 Å². The molecular weight excluding hydrogens is 324 g/mol. The summed E-state index contributed by atoms with van der Waals surface area (Å²) in [5, 5.41) is 20.2. The zero-order valence-corrected chi connectivity index (χ0v) is 13.7. The van der Waals surface area contributed by atoms with Crippen LogP contribution < -0.4 is 0 Å². The first kappa shape index (κ1) is 17.0. The van der Waals surface area contributed by atoms with Crippen molar-refractivity contribution in [1.29, 1.82) is 0 Å². The third-order valence-corrected chi connectivity index (χ3v) is 4.52. The molecule has 6 nitrogen and oxygen atoms in total. The van der Waals surface area contributed by atoms with Gasteiger partial charge in [0.1, 0.15) is 11.5 Å². The van der Waals surface area contributed by atoms with Gasteiger partial charge in [-0.15, -0.1) is 0 Å². The number of Topliss-reactive ketones (excluding diaryl/α,β-unsaturated/α-hetero) is 1. The summed E-state index contributed by atoms with van der Waals surface area (Å²) < 4.78 is 5.00. The van der Waals surface area contributed by atoms with Crippen LogP contribution in [0.15, 0.2) is 41.2 Å². The number of fused-ring (bicyclic) bond motifs is 1. The minimum atomic E-state index is -0.725. The predicted molar refractivity (Wildman–Crippen MR) is 88.5 cm³/mol. The first-order chi connectivity index (χ1) is 12.0. The molecule has 2 N–H and O–H groups in total. The van der Waals surface area contributed by atoms with Gasteiger partial charge in [-0.05, 0) is 31.9 Å². The molecule has 0 aliphatic heterocycles. The fourth-order valence-electron chi connectivity index (χ4n) is 3.41. The van der Waals surface area contributed by atoms with Gasteiger partial charge in [0, 0.05) is 23.5 Å². The highest BCUT2D eigenvalue weighted by Gasteiger charge is 2.38. The van der Waals surface area contributed by atoms with E-state index in [4.69, 9.17) is 4.74 Å². The Morgan fingerprint density at radius 3 is 2.76 bits per heavy atom. The van der Waals surface area contributed by atoms with Gasteiger partial charge < -0.3 is 14.9 Å². The second-order valence-corrected chi connectivity index (χ2v) is 6.02. The van der Waals surface area contributed by atoms with Crippen LogP contribution in [0.1, 0.15) is 46.9 Å². The van der Waals surface area contributed by atoms with E-state index in [1.165, 1.54) is 24.3 Å². The van der Waals surface area contributed by atoms with Crippen molar-refractivity contribution in [3.05, 3.63) is 52.3 Å². The van der Waals surface area contributed by atoms with E-state index < -0.39 is 23.5 Å². The fraction of sp³-hybridized carbons (Fsp3) is 0.316. The van der Waals surface area contributed by atoms with E-state index in [-0.39, 0.29) is 40.4 Å². The average Bonchev–Trinajstić information content (AvgIpc) is 2.58. The molecule has 0 spiro atoms. The zero-order valence-electron chi connectivity index (χ0n) is 13.7. The Kier molecular flexibility index (Phi) is 4.44. The van der Waals surface area contributed by atoms with Gasteiger partial charge in [0.05, 0.1) is 17.7 Å². The maximum Gasteiger partial charge on any atom is 0.338 e. The van der Waals surface area contributed by atoms with Crippen LogP contribution in [0.3, 0.4) is 0 Å². The van der Waals surface area contributed by atoms with Gasteiger partial charge >= 0.3 is 5.97 Å². The van der Waals surface area contributed by atoms with Crippen molar-refractivity contribution < 1.29 is 29.3 Å². The van der Waals surface area contributed by atoms with Crippen molar-refractivity contribution in [2.75, 3.05) is 6.61 Å². The number of hydrogen-bond acceptors (Lipinski definition) is 6. The molecule has 1 atom stereocenters. The molecule has 0 heterocycles. The number of carbonyl (C=O) groups is 3. The molecule has 0 aromatic heterocycles. The summed E-state index contributed by atoms with van der Waals surface area (Å²) in [6.07, 6.45) is 2.53. The summed E-state index contributed by atoms with van der Waals surface area (Å²) in [6, 6.07) is 4.31. The monoisotopic (exact) mass is 342 g/mol. The van der Waals surface area contributed by atoms with Gasteiger partial charge in [0.2, 0.25) is 0 Å². The zero-order chi connectivity index (χ0) is 18.1. The second-order valence-electron chi connectivity index (χ2n) is 6.02. The van der Waals surface area contributed by atoms with Crippen LogP contribution in [0.5, 0.6) is 5.75 Å². The van der Waals surface area contributed by atoms with E-state index in [1.54, 1.807) is 6.92 Å². The molecule has 1 aromatic rings. The SMILES string of the molecule is CCOC(=O)C1=C(O)CCCC1C1=CC(=O)c2cccc(O)c2C1=O. The number of esters is 1. The van der Waals surface area contributed by atoms with Crippen molar-refractivity contribution in [3.63, 3.8) is 0 Å². The standard InChI is InChI=1S/C19H18O6/c1-2-25-19(24)17-10(5-3-8-14(17)21)12-9-15(22)11-6-4-7-13(20)16(11)18(12)23/h4,6-7,9-10,20-21H,2-3,5,8H2,1H3. The molecule has 0 saturated heterocycles. The van der Waals surface area contributed by atoms with E-state index in [0.29, 0.717) is 19.3 Å². The van der Waals surface area contributed by atoms with Gasteiger partial charge in [-0.3, -0.25) is 9.59 Å². The summed E-state index contributed by atoms with van der Waals surface area (Å²) in [4.78, 5) is 37.5. The van der Waals surface area contributed by atoms with Crippen molar-refractivity contribution in [2.45, 2.75) is 26.2 Å². The molecule has 0 radical (unpaired) electrons. The second kappa shape index (κ2) is 6.55. The number of ketones is 2. The van der Waals surface area contributed by atoms with Crippen molar-refractivity contribution in [3.8, 4) is 5.75 Å². The summed E-state index contributed by atoms with van der Waals surface area (Å²) in [5.41, 5.74) is 0.210. The summed E-state index contributed by atoms with van der Waals surface area (Å²) in [6.45, 7) is 1.79. The third-order valence-electron chi connectivity index (χ3n) is 4.52. The first-order valence-corrected chi connectivity index (χ1v) is 8.17. The Morgan fingerprint density at radius 1 is 1.28 bits per heavy atom. The van der Waals surface area contributed by atoms with Gasteiger partial charge in [-0.2, -0.15) is 0 Å². The Morgan fingerprint density at radius 2 is 2.04 bits per heavy atom. The van der Waals surface area contributed by atoms with E-state index in [1.807, 2.05) is 0 Å². The van der Waals surface area contributed by atoms with E-state index in [0.717, 1.165) is 0 Å². The quantitative estimate of drug-likeness (QED) is 0.819. The average molecular weight is 342 g/mol. The predicted octanol–water partition coefficient (Wildman–Crippen LogP) is 2.87. The molecule has 2 aliphatic carbocycles. The lowest BCUT2D eigenvalue weighted by molar-refractivity contribution is -0.139. The van der Waals surface area contributed by atoms with E-state index in [2.05, 4.69) is 0 Å². The molecule has 3 rings (SSSR count). The fourth-order valence-corrected chi connectivity index (χ4v) is 3.41. The lowest BCUT2D eigenvalue weighted by Gasteiger charge is -2.28. The summed E-state index contributed by atoms with van der Waals surface area (Å²) in [7, 11) is 0. The minimum absolute atomic E-state index is 0.0272. The number of allylic oxidation sites excluding steroid dienone is 3. The Hall–Kier alpha value is -2.89. The van der Waals surface area contributed by atoms with Crippen LogP contribution in [0.25, 0.3) is 0 Å². The topological polar surface area (TPSA) is 101 Å². The molecule has 0 bridgehead atoms. The maximum atomic E-state index is 12.9. The van der Waals surface area contributed by atoms with E-state index >= 15 is 0 Å². The molecule has 25 heavy (non-hydrogen) atoms. The minimum Gasteiger partial charge on any atom is -0.512 e. The number of carbonyl (C=O) groups excluding carboxylic acids is 3. The number of phenolic OH excluding ortho intramolecular Hbond substituents is 1. The lowest BCUT2D eigenvalue weighted by atomic mass is 9.75. The number of aliphatic hydroxyl groups is 1. The number of ether oxygens (including phenoxy) is 1. The molecule has 0 amide bonds. The van der Waals surface area contributed by atoms with Crippen LogP contribution in [-0.4, -0.2) is 34.4 Å². The van der Waals surface area contributed by atoms with Crippen LogP contribution >= 0.6 is 0 Å². The van der Waals surface area contributed by atoms with Crippen LogP contribution in [0.2, 0.25) is 0 Å². The highest BCUT2D eigenvalue weighted by Crippen LogP contribution is 2.39. The highest BCUT2D eigenvalue weighted by atomic mass is 16.5. The number of benzene rings is 1. The molecule has 1 unspecified atom stereocenters. The largest absolute Gasteiger partial charge is 0.512 e. The number of phenols is 1. The molecule has 0 fully saturated rings. The first-order valence-electron chi connectivity index (χ1n) is 8.17. The molecule has 6 heteroatoms. The van der Waals surface area contributed by atoms with Crippen LogP contribution in [0.4, 0.5) is 0 Å². The lowest BCUT2D eigenvalue weighted by Crippen LogP contribution is -2.29. The molecule has 130 valence electrons. The highest BCUT2D eigenvalue weighted by molar-refractivity contribution is 6.26. The van der Waals surface area contributed by atoms with Gasteiger partial charge in [-0.1, -0.05) is 12.1 Å². The third kappa shape index (κ3) is 2.84. The number of hydrogen-bond donors (Lipinski definition) is 2. The Labute approximate surface area is 144 Å². The summed E-state index contributed by atoms with van der Waals surface area (Å²) in [5.74, 6) is -2.71.